The summed E-state index contributed by atoms with van der Waals surface area (Å²) in [6.07, 6.45) is 0. The molecular formula is C11H11Br3O2. The molecule has 2 rings (SSSR count). The van der Waals surface area contributed by atoms with Crippen molar-refractivity contribution in [3.05, 3.63) is 25.0 Å². The molecule has 0 saturated carbocycles. The molecule has 1 aromatic rings. The van der Waals surface area contributed by atoms with E-state index in [1.54, 1.807) is 0 Å². The van der Waals surface area contributed by atoms with Gasteiger partial charge in [0.2, 0.25) is 0 Å². The molecule has 0 bridgehead atoms. The van der Waals surface area contributed by atoms with E-state index in [0.29, 0.717) is 6.61 Å². The summed E-state index contributed by atoms with van der Waals surface area (Å²) in [6, 6.07) is 1.97. The van der Waals surface area contributed by atoms with Crippen LogP contribution < -0.4 is 4.74 Å². The van der Waals surface area contributed by atoms with Crippen LogP contribution in [0.5, 0.6) is 5.75 Å². The average molecular weight is 415 g/mol. The standard InChI is InChI=1S/C11H11Br3O2/c1-6-9(14)7(12)3-8(13)10(6)15-4-11(2)5-16-11/h3H,4-5H2,1-2H3. The van der Waals surface area contributed by atoms with Gasteiger partial charge in [0.25, 0.3) is 0 Å². The molecule has 0 aromatic heterocycles. The molecule has 1 aliphatic rings. The van der Waals surface area contributed by atoms with Gasteiger partial charge in [0, 0.05) is 14.5 Å². The zero-order chi connectivity index (χ0) is 11.9. The van der Waals surface area contributed by atoms with Crippen LogP contribution in [0, 0.1) is 6.92 Å². The Bertz CT molecular complexity index is 428. The van der Waals surface area contributed by atoms with Crippen molar-refractivity contribution in [2.75, 3.05) is 13.2 Å². The molecule has 2 nitrogen and oxygen atoms in total. The number of hydrogen-bond donors (Lipinski definition) is 0. The van der Waals surface area contributed by atoms with Crippen LogP contribution in [-0.4, -0.2) is 18.8 Å². The third-order valence-electron chi connectivity index (χ3n) is 2.51. The molecule has 0 radical (unpaired) electrons. The molecule has 1 fully saturated rings. The van der Waals surface area contributed by atoms with Crippen molar-refractivity contribution < 1.29 is 9.47 Å². The lowest BCUT2D eigenvalue weighted by atomic mass is 10.2. The molecule has 1 atom stereocenters. The van der Waals surface area contributed by atoms with E-state index in [-0.39, 0.29) is 5.60 Å². The van der Waals surface area contributed by atoms with E-state index >= 15 is 0 Å². The van der Waals surface area contributed by atoms with E-state index in [1.165, 1.54) is 0 Å². The van der Waals surface area contributed by atoms with Gasteiger partial charge in [-0.2, -0.15) is 0 Å². The van der Waals surface area contributed by atoms with Crippen molar-refractivity contribution in [1.29, 1.82) is 0 Å². The van der Waals surface area contributed by atoms with Crippen molar-refractivity contribution >= 4 is 47.8 Å². The molecule has 1 saturated heterocycles. The first kappa shape index (κ1) is 12.9. The summed E-state index contributed by atoms with van der Waals surface area (Å²) in [7, 11) is 0. The van der Waals surface area contributed by atoms with E-state index in [9.17, 15) is 0 Å². The Morgan fingerprint density at radius 2 is 2.00 bits per heavy atom. The maximum atomic E-state index is 5.81. The summed E-state index contributed by atoms with van der Waals surface area (Å²) >= 11 is 10.5. The normalized spacial score (nSPS) is 23.3. The molecule has 0 spiro atoms. The zero-order valence-corrected chi connectivity index (χ0v) is 13.7. The Morgan fingerprint density at radius 1 is 1.38 bits per heavy atom. The van der Waals surface area contributed by atoms with Crippen LogP contribution in [0.25, 0.3) is 0 Å². The first-order chi connectivity index (χ1) is 7.43. The molecule has 1 unspecified atom stereocenters. The van der Waals surface area contributed by atoms with Gasteiger partial charge in [-0.25, -0.2) is 0 Å². The Kier molecular flexibility index (Phi) is 3.69. The molecular weight excluding hydrogens is 404 g/mol. The minimum absolute atomic E-state index is 0.0918. The van der Waals surface area contributed by atoms with Crippen LogP contribution >= 0.6 is 47.8 Å². The number of rotatable bonds is 3. The van der Waals surface area contributed by atoms with E-state index in [4.69, 9.17) is 9.47 Å². The molecule has 0 aliphatic carbocycles. The lowest BCUT2D eigenvalue weighted by Crippen LogP contribution is -2.17. The SMILES string of the molecule is Cc1c(Br)c(Br)cc(Br)c1OCC1(C)CO1. The van der Waals surface area contributed by atoms with E-state index in [1.807, 2.05) is 19.9 Å². The molecule has 1 aromatic carbocycles. The van der Waals surface area contributed by atoms with Crippen molar-refractivity contribution in [2.24, 2.45) is 0 Å². The van der Waals surface area contributed by atoms with E-state index in [2.05, 4.69) is 47.8 Å². The molecule has 0 N–H and O–H groups in total. The Labute approximate surface area is 120 Å². The summed E-state index contributed by atoms with van der Waals surface area (Å²) in [5.41, 5.74) is 0.983. The fourth-order valence-electron chi connectivity index (χ4n) is 1.31. The van der Waals surface area contributed by atoms with Crippen LogP contribution in [0.1, 0.15) is 12.5 Å². The average Bonchev–Trinajstić information content (AvgIpc) is 2.93. The van der Waals surface area contributed by atoms with Crippen LogP contribution in [0.2, 0.25) is 0 Å². The highest BCUT2D eigenvalue weighted by molar-refractivity contribution is 9.13. The second-order valence-corrected chi connectivity index (χ2v) is 6.64. The predicted molar refractivity (Wildman–Crippen MR) is 74.1 cm³/mol. The molecule has 1 aliphatic heterocycles. The summed E-state index contributed by atoms with van der Waals surface area (Å²) < 4.78 is 14.1. The van der Waals surface area contributed by atoms with Crippen molar-refractivity contribution in [2.45, 2.75) is 19.4 Å². The molecule has 1 heterocycles. The number of ether oxygens (including phenoxy) is 2. The van der Waals surface area contributed by atoms with Crippen LogP contribution in [-0.2, 0) is 4.74 Å². The monoisotopic (exact) mass is 412 g/mol. The van der Waals surface area contributed by atoms with Crippen molar-refractivity contribution in [3.8, 4) is 5.75 Å². The largest absolute Gasteiger partial charge is 0.489 e. The van der Waals surface area contributed by atoms with Crippen LogP contribution in [0.4, 0.5) is 0 Å². The second kappa shape index (κ2) is 4.59. The third-order valence-corrected chi connectivity index (χ3v) is 5.28. The summed E-state index contributed by atoms with van der Waals surface area (Å²) in [4.78, 5) is 0. The first-order valence-electron chi connectivity index (χ1n) is 4.84. The molecule has 5 heteroatoms. The first-order valence-corrected chi connectivity index (χ1v) is 7.22. The van der Waals surface area contributed by atoms with Gasteiger partial charge in [-0.1, -0.05) is 0 Å². The third kappa shape index (κ3) is 2.63. The Balaban J connectivity index is 2.22. The quantitative estimate of drug-likeness (QED) is 0.538. The van der Waals surface area contributed by atoms with Crippen molar-refractivity contribution in [1.82, 2.24) is 0 Å². The van der Waals surface area contributed by atoms with E-state index < -0.39 is 0 Å². The van der Waals surface area contributed by atoms with Gasteiger partial charge >= 0.3 is 0 Å². The van der Waals surface area contributed by atoms with Gasteiger partial charge in [0.1, 0.15) is 18.0 Å². The van der Waals surface area contributed by atoms with Crippen LogP contribution in [0.3, 0.4) is 0 Å². The van der Waals surface area contributed by atoms with Gasteiger partial charge < -0.3 is 9.47 Å². The van der Waals surface area contributed by atoms with Gasteiger partial charge in [-0.05, 0) is 67.7 Å². The van der Waals surface area contributed by atoms with Gasteiger partial charge in [0.05, 0.1) is 11.1 Å². The zero-order valence-electron chi connectivity index (χ0n) is 8.94. The predicted octanol–water partition coefficient (Wildman–Crippen LogP) is 4.45. The minimum atomic E-state index is -0.0918. The number of halogens is 3. The Hall–Kier alpha value is 0.420. The lowest BCUT2D eigenvalue weighted by molar-refractivity contribution is 0.200. The fourth-order valence-corrected chi connectivity index (χ4v) is 3.08. The second-order valence-electron chi connectivity index (χ2n) is 4.14. The summed E-state index contributed by atoms with van der Waals surface area (Å²) in [5, 5.41) is 0. The fraction of sp³-hybridized carbons (Fsp3) is 0.455. The highest BCUT2D eigenvalue weighted by Gasteiger charge is 2.40. The highest BCUT2D eigenvalue weighted by atomic mass is 79.9. The minimum Gasteiger partial charge on any atom is -0.489 e. The smallest absolute Gasteiger partial charge is 0.137 e. The highest BCUT2D eigenvalue weighted by Crippen LogP contribution is 2.40. The number of epoxide rings is 1. The number of benzene rings is 1. The van der Waals surface area contributed by atoms with Crippen LogP contribution in [0.15, 0.2) is 19.5 Å². The lowest BCUT2D eigenvalue weighted by Gasteiger charge is -2.15. The molecule has 88 valence electrons. The van der Waals surface area contributed by atoms with Gasteiger partial charge in [-0.15, -0.1) is 0 Å². The summed E-state index contributed by atoms with van der Waals surface area (Å²) in [6.45, 7) is 5.43. The Morgan fingerprint density at radius 3 is 2.56 bits per heavy atom. The summed E-state index contributed by atoms with van der Waals surface area (Å²) in [5.74, 6) is 0.867. The van der Waals surface area contributed by atoms with Crippen molar-refractivity contribution in [3.63, 3.8) is 0 Å². The maximum absolute atomic E-state index is 5.81. The number of hydrogen-bond acceptors (Lipinski definition) is 2. The topological polar surface area (TPSA) is 21.8 Å². The maximum Gasteiger partial charge on any atom is 0.137 e. The molecule has 16 heavy (non-hydrogen) atoms. The molecule has 0 amide bonds. The van der Waals surface area contributed by atoms with E-state index in [0.717, 1.165) is 31.3 Å². The van der Waals surface area contributed by atoms with Gasteiger partial charge in [0.15, 0.2) is 0 Å². The van der Waals surface area contributed by atoms with Gasteiger partial charge in [-0.3, -0.25) is 0 Å².